The molecule has 0 radical (unpaired) electrons. The molecule has 0 saturated carbocycles. The lowest BCUT2D eigenvalue weighted by atomic mass is 10.1. The van der Waals surface area contributed by atoms with Crippen LogP contribution in [0, 0.1) is 14.2 Å². The standard InChI is InChI=1S/C14H18FIN2S/c1-3-4-5-6-9(2)18-13-7-10(15)11(16)8-12(13)17-14(18)19/h7-9H,3-6H2,1-2H3,(H,17,19). The van der Waals surface area contributed by atoms with Crippen LogP contribution in [0.2, 0.25) is 0 Å². The Morgan fingerprint density at radius 2 is 2.16 bits per heavy atom. The molecule has 0 aliphatic rings. The Hall–Kier alpha value is -0.430. The molecule has 0 aliphatic carbocycles. The van der Waals surface area contributed by atoms with Crippen LogP contribution in [0.3, 0.4) is 0 Å². The highest BCUT2D eigenvalue weighted by molar-refractivity contribution is 14.1. The number of aromatic amines is 1. The van der Waals surface area contributed by atoms with E-state index in [0.717, 1.165) is 17.5 Å². The van der Waals surface area contributed by atoms with Gasteiger partial charge in [-0.05, 0) is 54.2 Å². The van der Waals surface area contributed by atoms with Crippen molar-refractivity contribution in [1.29, 1.82) is 0 Å². The van der Waals surface area contributed by atoms with Crippen molar-refractivity contribution in [2.45, 2.75) is 45.6 Å². The summed E-state index contributed by atoms with van der Waals surface area (Å²) in [6.45, 7) is 4.34. The predicted molar refractivity (Wildman–Crippen MR) is 88.7 cm³/mol. The van der Waals surface area contributed by atoms with Crippen molar-refractivity contribution in [3.05, 3.63) is 26.3 Å². The normalized spacial score (nSPS) is 13.1. The van der Waals surface area contributed by atoms with Crippen molar-refractivity contribution in [3.8, 4) is 0 Å². The van der Waals surface area contributed by atoms with E-state index in [-0.39, 0.29) is 5.82 Å². The van der Waals surface area contributed by atoms with Crippen molar-refractivity contribution >= 4 is 45.8 Å². The van der Waals surface area contributed by atoms with Crippen LogP contribution >= 0.6 is 34.8 Å². The van der Waals surface area contributed by atoms with Gasteiger partial charge in [0.05, 0.1) is 14.6 Å². The van der Waals surface area contributed by atoms with Crippen LogP contribution in [0.5, 0.6) is 0 Å². The van der Waals surface area contributed by atoms with E-state index in [9.17, 15) is 4.39 Å². The van der Waals surface area contributed by atoms with E-state index >= 15 is 0 Å². The third-order valence-corrected chi connectivity index (χ3v) is 4.55. The maximum absolute atomic E-state index is 13.7. The summed E-state index contributed by atoms with van der Waals surface area (Å²) in [5, 5.41) is 0. The number of fused-ring (bicyclic) bond motifs is 1. The molecular formula is C14H18FIN2S. The number of benzene rings is 1. The molecule has 0 aliphatic heterocycles. The number of rotatable bonds is 5. The van der Waals surface area contributed by atoms with Gasteiger partial charge in [-0.1, -0.05) is 26.2 Å². The summed E-state index contributed by atoms with van der Waals surface area (Å²) in [5.41, 5.74) is 1.78. The minimum absolute atomic E-state index is 0.184. The van der Waals surface area contributed by atoms with Crippen molar-refractivity contribution in [2.24, 2.45) is 0 Å². The third kappa shape index (κ3) is 3.18. The fourth-order valence-electron chi connectivity index (χ4n) is 2.38. The maximum atomic E-state index is 13.7. The largest absolute Gasteiger partial charge is 0.331 e. The zero-order valence-electron chi connectivity index (χ0n) is 11.2. The molecule has 1 aromatic heterocycles. The molecule has 0 amide bonds. The van der Waals surface area contributed by atoms with E-state index in [1.807, 2.05) is 33.2 Å². The highest BCUT2D eigenvalue weighted by Crippen LogP contribution is 2.25. The van der Waals surface area contributed by atoms with Gasteiger partial charge in [0.1, 0.15) is 5.82 Å². The van der Waals surface area contributed by atoms with E-state index in [1.54, 1.807) is 6.07 Å². The van der Waals surface area contributed by atoms with Gasteiger partial charge >= 0.3 is 0 Å². The summed E-state index contributed by atoms with van der Waals surface area (Å²) in [6.07, 6.45) is 4.69. The molecule has 19 heavy (non-hydrogen) atoms. The molecule has 1 unspecified atom stereocenters. The van der Waals surface area contributed by atoms with Gasteiger partial charge in [-0.15, -0.1) is 0 Å². The lowest BCUT2D eigenvalue weighted by molar-refractivity contribution is 0.482. The number of halogens is 2. The summed E-state index contributed by atoms with van der Waals surface area (Å²) in [4.78, 5) is 3.17. The molecule has 0 bridgehead atoms. The number of hydrogen-bond donors (Lipinski definition) is 1. The smallest absolute Gasteiger partial charge is 0.178 e. The van der Waals surface area contributed by atoms with Crippen LogP contribution in [0.4, 0.5) is 4.39 Å². The van der Waals surface area contributed by atoms with Crippen molar-refractivity contribution in [2.75, 3.05) is 0 Å². The molecule has 2 nitrogen and oxygen atoms in total. The first-order chi connectivity index (χ1) is 9.04. The van der Waals surface area contributed by atoms with Crippen LogP contribution in [0.1, 0.15) is 45.6 Å². The molecule has 0 fully saturated rings. The monoisotopic (exact) mass is 392 g/mol. The van der Waals surface area contributed by atoms with Crippen molar-refractivity contribution < 1.29 is 4.39 Å². The summed E-state index contributed by atoms with van der Waals surface area (Å²) in [6, 6.07) is 3.70. The fourth-order valence-corrected chi connectivity index (χ4v) is 3.23. The fraction of sp³-hybridized carbons (Fsp3) is 0.500. The quantitative estimate of drug-likeness (QED) is 0.400. The number of nitrogens with one attached hydrogen (secondary N) is 1. The molecule has 1 heterocycles. The number of unbranched alkanes of at least 4 members (excludes halogenated alkanes) is 2. The van der Waals surface area contributed by atoms with Gasteiger partial charge in [-0.3, -0.25) is 0 Å². The Morgan fingerprint density at radius 1 is 1.42 bits per heavy atom. The van der Waals surface area contributed by atoms with Crippen LogP contribution in [-0.4, -0.2) is 9.55 Å². The first-order valence-electron chi connectivity index (χ1n) is 6.63. The SMILES string of the molecule is CCCCCC(C)n1c(=S)[nH]c2cc(I)c(F)cc21. The Morgan fingerprint density at radius 3 is 2.84 bits per heavy atom. The minimum Gasteiger partial charge on any atom is -0.331 e. The van der Waals surface area contributed by atoms with Gasteiger partial charge in [0.2, 0.25) is 0 Å². The number of hydrogen-bond acceptors (Lipinski definition) is 1. The molecule has 2 aromatic rings. The lowest BCUT2D eigenvalue weighted by Gasteiger charge is -2.14. The molecule has 1 N–H and O–H groups in total. The second-order valence-corrected chi connectivity index (χ2v) is 6.48. The second kappa shape index (κ2) is 6.35. The molecule has 5 heteroatoms. The lowest BCUT2D eigenvalue weighted by Crippen LogP contribution is -2.05. The van der Waals surface area contributed by atoms with E-state index < -0.39 is 0 Å². The number of nitrogens with zero attached hydrogens (tertiary/aromatic N) is 1. The predicted octanol–water partition coefficient (Wildman–Crippen LogP) is 5.58. The summed E-state index contributed by atoms with van der Waals surface area (Å²) in [5.74, 6) is -0.184. The molecule has 104 valence electrons. The molecule has 0 spiro atoms. The first-order valence-corrected chi connectivity index (χ1v) is 8.12. The van der Waals surface area contributed by atoms with Gasteiger partial charge < -0.3 is 9.55 Å². The zero-order chi connectivity index (χ0) is 14.0. The Kier molecular flexibility index (Phi) is 5.00. The molecule has 1 aromatic carbocycles. The summed E-state index contributed by atoms with van der Waals surface area (Å²) in [7, 11) is 0. The Bertz CT molecular complexity index is 632. The van der Waals surface area contributed by atoms with Crippen molar-refractivity contribution in [3.63, 3.8) is 0 Å². The average Bonchev–Trinajstić information content (AvgIpc) is 2.65. The van der Waals surface area contributed by atoms with Crippen LogP contribution in [-0.2, 0) is 0 Å². The van der Waals surface area contributed by atoms with Gasteiger partial charge in [-0.2, -0.15) is 0 Å². The van der Waals surface area contributed by atoms with Gasteiger partial charge in [0, 0.05) is 12.1 Å². The van der Waals surface area contributed by atoms with E-state index in [1.165, 1.54) is 19.3 Å². The second-order valence-electron chi connectivity index (χ2n) is 4.93. The first kappa shape index (κ1) is 15.0. The topological polar surface area (TPSA) is 20.7 Å². The third-order valence-electron chi connectivity index (χ3n) is 3.42. The molecule has 1 atom stereocenters. The highest BCUT2D eigenvalue weighted by Gasteiger charge is 2.13. The van der Waals surface area contributed by atoms with E-state index in [4.69, 9.17) is 12.2 Å². The molecule has 2 rings (SSSR count). The van der Waals surface area contributed by atoms with Crippen LogP contribution in [0.25, 0.3) is 11.0 Å². The maximum Gasteiger partial charge on any atom is 0.178 e. The van der Waals surface area contributed by atoms with E-state index in [2.05, 4.69) is 18.8 Å². The van der Waals surface area contributed by atoms with Gasteiger partial charge in [0.25, 0.3) is 0 Å². The van der Waals surface area contributed by atoms with Crippen molar-refractivity contribution in [1.82, 2.24) is 9.55 Å². The van der Waals surface area contributed by atoms with E-state index in [0.29, 0.717) is 14.4 Å². The Labute approximate surface area is 131 Å². The average molecular weight is 392 g/mol. The summed E-state index contributed by atoms with van der Waals surface area (Å²) >= 11 is 7.38. The zero-order valence-corrected chi connectivity index (χ0v) is 14.1. The Balaban J connectivity index is 2.39. The van der Waals surface area contributed by atoms with Crippen LogP contribution < -0.4 is 0 Å². The van der Waals surface area contributed by atoms with Gasteiger partial charge in [0.15, 0.2) is 4.77 Å². The summed E-state index contributed by atoms with van der Waals surface area (Å²) < 4.78 is 17.1. The minimum atomic E-state index is -0.184. The molecule has 0 saturated heterocycles. The van der Waals surface area contributed by atoms with Crippen LogP contribution in [0.15, 0.2) is 12.1 Å². The molecular weight excluding hydrogens is 374 g/mol. The number of H-pyrrole nitrogens is 1. The highest BCUT2D eigenvalue weighted by atomic mass is 127. The number of aromatic nitrogens is 2. The number of imidazole rings is 1. The van der Waals surface area contributed by atoms with Gasteiger partial charge in [-0.25, -0.2) is 4.39 Å².